The number of nitrogens with one attached hydrogen (secondary N) is 2. The first-order valence-corrected chi connectivity index (χ1v) is 4.50. The van der Waals surface area contributed by atoms with Crippen molar-refractivity contribution in [2.75, 3.05) is 5.32 Å². The second kappa shape index (κ2) is 2.42. The number of amides is 1. The molecule has 0 aliphatic carbocycles. The van der Waals surface area contributed by atoms with Crippen LogP contribution >= 0.6 is 24.0 Å². The average Bonchev–Trinajstić information content (AvgIpc) is 2.34. The van der Waals surface area contributed by atoms with Crippen molar-refractivity contribution in [2.24, 2.45) is 0 Å². The molecule has 0 spiro atoms. The summed E-state index contributed by atoms with van der Waals surface area (Å²) in [5.74, 6) is -0.0475. The van der Waals surface area contributed by atoms with E-state index in [0.29, 0.717) is 0 Å². The standard InChI is InChI=1S/C6H6N2OS2/c9-5-4-3(1-2-11-4)7-6(10)8-5/h1-2,6-7,10H,(H,8,9). The third kappa shape index (κ3) is 1.10. The van der Waals surface area contributed by atoms with Crippen LogP contribution in [-0.2, 0) is 0 Å². The first-order valence-electron chi connectivity index (χ1n) is 3.10. The first kappa shape index (κ1) is 7.00. The summed E-state index contributed by atoms with van der Waals surface area (Å²) >= 11 is 5.51. The first-order chi connectivity index (χ1) is 5.27. The summed E-state index contributed by atoms with van der Waals surface area (Å²) in [5, 5.41) is 7.54. The van der Waals surface area contributed by atoms with Gasteiger partial charge in [0.05, 0.1) is 5.69 Å². The zero-order chi connectivity index (χ0) is 7.84. The van der Waals surface area contributed by atoms with Gasteiger partial charge >= 0.3 is 0 Å². The largest absolute Gasteiger partial charge is 0.356 e. The van der Waals surface area contributed by atoms with Crippen LogP contribution in [-0.4, -0.2) is 11.4 Å². The van der Waals surface area contributed by atoms with Crippen LogP contribution in [0.25, 0.3) is 0 Å². The van der Waals surface area contributed by atoms with Gasteiger partial charge in [0.25, 0.3) is 5.91 Å². The van der Waals surface area contributed by atoms with E-state index in [0.717, 1.165) is 10.6 Å². The molecule has 0 saturated heterocycles. The Kier molecular flexibility index (Phi) is 1.54. The van der Waals surface area contributed by atoms with E-state index in [2.05, 4.69) is 23.3 Å². The third-order valence-electron chi connectivity index (χ3n) is 1.43. The van der Waals surface area contributed by atoms with Gasteiger partial charge in [0.1, 0.15) is 10.4 Å². The fourth-order valence-corrected chi connectivity index (χ4v) is 1.99. The Morgan fingerprint density at radius 3 is 3.18 bits per heavy atom. The molecule has 0 saturated carbocycles. The highest BCUT2D eigenvalue weighted by molar-refractivity contribution is 7.81. The van der Waals surface area contributed by atoms with Crippen molar-refractivity contribution in [1.29, 1.82) is 0 Å². The maximum Gasteiger partial charge on any atom is 0.265 e. The van der Waals surface area contributed by atoms with Crippen LogP contribution in [0.5, 0.6) is 0 Å². The van der Waals surface area contributed by atoms with Crippen molar-refractivity contribution in [3.8, 4) is 0 Å². The fourth-order valence-electron chi connectivity index (χ4n) is 0.972. The highest BCUT2D eigenvalue weighted by Gasteiger charge is 2.21. The van der Waals surface area contributed by atoms with Crippen molar-refractivity contribution in [3.05, 3.63) is 16.3 Å². The molecule has 1 aromatic rings. The predicted molar refractivity (Wildman–Crippen MR) is 48.2 cm³/mol. The van der Waals surface area contributed by atoms with Crippen LogP contribution in [0, 0.1) is 0 Å². The van der Waals surface area contributed by atoms with E-state index >= 15 is 0 Å². The normalized spacial score (nSPS) is 21.9. The number of thiol groups is 1. The molecule has 0 radical (unpaired) electrons. The highest BCUT2D eigenvalue weighted by atomic mass is 32.1. The molecular weight excluding hydrogens is 180 g/mol. The van der Waals surface area contributed by atoms with Gasteiger partial charge in [-0.05, 0) is 11.4 Å². The summed E-state index contributed by atoms with van der Waals surface area (Å²) in [4.78, 5) is 11.9. The van der Waals surface area contributed by atoms with Crippen LogP contribution in [0.4, 0.5) is 5.69 Å². The Morgan fingerprint density at radius 1 is 1.55 bits per heavy atom. The van der Waals surface area contributed by atoms with Gasteiger partial charge in [-0.2, -0.15) is 0 Å². The summed E-state index contributed by atoms with van der Waals surface area (Å²) in [6, 6.07) is 1.88. The third-order valence-corrected chi connectivity index (χ3v) is 2.60. The molecule has 1 aromatic heterocycles. The fraction of sp³-hybridized carbons (Fsp3) is 0.167. The van der Waals surface area contributed by atoms with Gasteiger partial charge in [-0.15, -0.1) is 24.0 Å². The molecule has 11 heavy (non-hydrogen) atoms. The molecule has 5 heteroatoms. The maximum atomic E-state index is 11.2. The van der Waals surface area contributed by atoms with E-state index in [-0.39, 0.29) is 11.4 Å². The zero-order valence-electron chi connectivity index (χ0n) is 5.50. The lowest BCUT2D eigenvalue weighted by Gasteiger charge is -2.20. The monoisotopic (exact) mass is 186 g/mol. The van der Waals surface area contributed by atoms with E-state index in [1.54, 1.807) is 0 Å². The van der Waals surface area contributed by atoms with Crippen molar-refractivity contribution < 1.29 is 4.79 Å². The number of hydrogen-bond acceptors (Lipinski definition) is 4. The number of carbonyl (C=O) groups excluding carboxylic acids is 1. The summed E-state index contributed by atoms with van der Waals surface area (Å²) in [6.07, 6.45) is 0. The van der Waals surface area contributed by atoms with Crippen LogP contribution in [0.3, 0.4) is 0 Å². The molecule has 3 nitrogen and oxygen atoms in total. The Hall–Kier alpha value is -0.680. The molecule has 0 fully saturated rings. The summed E-state index contributed by atoms with van der Waals surface area (Å²) in [5.41, 5.74) is 0.614. The van der Waals surface area contributed by atoms with Gasteiger partial charge in [-0.3, -0.25) is 4.79 Å². The Balaban J connectivity index is 2.44. The Morgan fingerprint density at radius 2 is 2.36 bits per heavy atom. The van der Waals surface area contributed by atoms with Gasteiger partial charge in [0.2, 0.25) is 0 Å². The second-order valence-corrected chi connectivity index (χ2v) is 3.62. The lowest BCUT2D eigenvalue weighted by molar-refractivity contribution is 0.0953. The molecule has 2 heterocycles. The van der Waals surface area contributed by atoms with Crippen LogP contribution in [0.1, 0.15) is 9.67 Å². The second-order valence-electron chi connectivity index (χ2n) is 2.18. The van der Waals surface area contributed by atoms with Crippen LogP contribution in [0.15, 0.2) is 11.4 Å². The number of thiophene rings is 1. The average molecular weight is 186 g/mol. The minimum absolute atomic E-state index is 0.0475. The predicted octanol–water partition coefficient (Wildman–Crippen LogP) is 1.12. The minimum atomic E-state index is -0.260. The summed E-state index contributed by atoms with van der Waals surface area (Å²) < 4.78 is 0. The van der Waals surface area contributed by atoms with Crippen LogP contribution in [0.2, 0.25) is 0 Å². The minimum Gasteiger partial charge on any atom is -0.356 e. The van der Waals surface area contributed by atoms with Crippen molar-refractivity contribution >= 4 is 35.6 Å². The number of fused-ring (bicyclic) bond motifs is 1. The van der Waals surface area contributed by atoms with E-state index in [4.69, 9.17) is 0 Å². The molecule has 58 valence electrons. The molecular formula is C6H6N2OS2. The molecule has 2 rings (SSSR count). The molecule has 1 aliphatic rings. The Bertz CT molecular complexity index is 297. The molecule has 1 aliphatic heterocycles. The topological polar surface area (TPSA) is 41.1 Å². The number of carbonyl (C=O) groups is 1. The highest BCUT2D eigenvalue weighted by Crippen LogP contribution is 2.25. The van der Waals surface area contributed by atoms with Gasteiger partial charge in [-0.1, -0.05) is 0 Å². The van der Waals surface area contributed by atoms with Gasteiger partial charge < -0.3 is 10.6 Å². The smallest absolute Gasteiger partial charge is 0.265 e. The number of rotatable bonds is 0. The zero-order valence-corrected chi connectivity index (χ0v) is 7.21. The molecule has 2 N–H and O–H groups in total. The van der Waals surface area contributed by atoms with Crippen molar-refractivity contribution in [3.63, 3.8) is 0 Å². The molecule has 1 atom stereocenters. The summed E-state index contributed by atoms with van der Waals surface area (Å²) in [7, 11) is 0. The summed E-state index contributed by atoms with van der Waals surface area (Å²) in [6.45, 7) is 0. The van der Waals surface area contributed by atoms with Crippen molar-refractivity contribution in [1.82, 2.24) is 5.32 Å². The molecule has 0 bridgehead atoms. The number of anilines is 1. The quantitative estimate of drug-likeness (QED) is 0.531. The van der Waals surface area contributed by atoms with Gasteiger partial charge in [0, 0.05) is 0 Å². The van der Waals surface area contributed by atoms with Crippen molar-refractivity contribution in [2.45, 2.75) is 5.50 Å². The molecule has 1 amide bonds. The van der Waals surface area contributed by atoms with Crippen LogP contribution < -0.4 is 10.6 Å². The number of hydrogen-bond donors (Lipinski definition) is 3. The van der Waals surface area contributed by atoms with E-state index in [1.165, 1.54) is 11.3 Å². The lowest BCUT2D eigenvalue weighted by atomic mass is 10.3. The Labute approximate surface area is 73.2 Å². The molecule has 0 aromatic carbocycles. The van der Waals surface area contributed by atoms with E-state index < -0.39 is 0 Å². The van der Waals surface area contributed by atoms with E-state index in [9.17, 15) is 4.79 Å². The molecule has 1 unspecified atom stereocenters. The lowest BCUT2D eigenvalue weighted by Crippen LogP contribution is -2.40. The van der Waals surface area contributed by atoms with Gasteiger partial charge in [0.15, 0.2) is 0 Å². The maximum absolute atomic E-state index is 11.2. The SMILES string of the molecule is O=C1NC(S)Nc2ccsc21. The van der Waals surface area contributed by atoms with E-state index in [1.807, 2.05) is 11.4 Å². The van der Waals surface area contributed by atoms with Gasteiger partial charge in [-0.25, -0.2) is 0 Å².